The second-order valence-corrected chi connectivity index (χ2v) is 10.6. The van der Waals surface area contributed by atoms with Crippen LogP contribution in [-0.4, -0.2) is 34.4 Å². The van der Waals surface area contributed by atoms with E-state index in [1.54, 1.807) is 39.0 Å². The molecule has 0 unspecified atom stereocenters. The summed E-state index contributed by atoms with van der Waals surface area (Å²) in [5.41, 5.74) is 2.45. The van der Waals surface area contributed by atoms with Crippen molar-refractivity contribution in [3.05, 3.63) is 117 Å². The Bertz CT molecular complexity index is 1700. The minimum atomic E-state index is -1.13. The quantitative estimate of drug-likeness (QED) is 0.112. The highest BCUT2D eigenvalue weighted by Crippen LogP contribution is 2.44. The number of esters is 1. The molecule has 3 aromatic carbocycles. The van der Waals surface area contributed by atoms with E-state index in [1.165, 1.54) is 24.3 Å². The minimum absolute atomic E-state index is 0.0763. The van der Waals surface area contributed by atoms with Gasteiger partial charge in [-0.1, -0.05) is 53.8 Å². The van der Waals surface area contributed by atoms with Crippen LogP contribution in [0.4, 0.5) is 9.52 Å². The number of aliphatic hydroxyl groups is 1. The van der Waals surface area contributed by atoms with Gasteiger partial charge in [-0.15, -0.1) is 0 Å². The van der Waals surface area contributed by atoms with Crippen molar-refractivity contribution >= 4 is 39.9 Å². The van der Waals surface area contributed by atoms with Gasteiger partial charge in [-0.25, -0.2) is 14.2 Å². The SMILES string of the molecule is CCOC(=O)c1sc(N2C(=O)C(=O)/C(=C(/O)c3ccc(OCc4ccccc4)cc3C)[C@@H]2c2ccc(F)cc2)nc1C. The lowest BCUT2D eigenvalue weighted by Gasteiger charge is -2.23. The Labute approximate surface area is 245 Å². The Morgan fingerprint density at radius 1 is 1.05 bits per heavy atom. The van der Waals surface area contributed by atoms with E-state index >= 15 is 0 Å². The molecule has 42 heavy (non-hydrogen) atoms. The molecule has 2 heterocycles. The van der Waals surface area contributed by atoms with E-state index in [2.05, 4.69) is 4.98 Å². The van der Waals surface area contributed by atoms with E-state index in [0.717, 1.165) is 21.8 Å². The van der Waals surface area contributed by atoms with Crippen molar-refractivity contribution in [1.82, 2.24) is 4.98 Å². The Morgan fingerprint density at radius 3 is 2.43 bits per heavy atom. The summed E-state index contributed by atoms with van der Waals surface area (Å²) in [6.07, 6.45) is 0. The van der Waals surface area contributed by atoms with E-state index in [-0.39, 0.29) is 22.2 Å². The number of aromatic nitrogens is 1. The molecule has 1 aliphatic heterocycles. The highest BCUT2D eigenvalue weighted by Gasteiger charge is 2.48. The number of ketones is 1. The van der Waals surface area contributed by atoms with E-state index < -0.39 is 35.3 Å². The molecule has 1 amide bonds. The van der Waals surface area contributed by atoms with Crippen LogP contribution in [0.1, 0.15) is 50.6 Å². The zero-order chi connectivity index (χ0) is 30.0. The smallest absolute Gasteiger partial charge is 0.350 e. The number of halogens is 1. The first kappa shape index (κ1) is 28.7. The van der Waals surface area contributed by atoms with Gasteiger partial charge in [0.15, 0.2) is 5.13 Å². The summed E-state index contributed by atoms with van der Waals surface area (Å²) >= 11 is 0.903. The third kappa shape index (κ3) is 5.53. The first-order chi connectivity index (χ1) is 20.2. The van der Waals surface area contributed by atoms with Crippen molar-refractivity contribution in [3.8, 4) is 5.75 Å². The molecule has 1 saturated heterocycles. The van der Waals surface area contributed by atoms with Crippen LogP contribution in [0.5, 0.6) is 5.75 Å². The fourth-order valence-corrected chi connectivity index (χ4v) is 5.73. The van der Waals surface area contributed by atoms with E-state index in [9.17, 15) is 23.9 Å². The fourth-order valence-electron chi connectivity index (χ4n) is 4.74. The minimum Gasteiger partial charge on any atom is -0.507 e. The zero-order valence-electron chi connectivity index (χ0n) is 23.1. The molecule has 10 heteroatoms. The number of carbonyl (C=O) groups is 3. The molecule has 214 valence electrons. The second-order valence-electron chi connectivity index (χ2n) is 9.60. The van der Waals surface area contributed by atoms with Crippen LogP contribution in [0.3, 0.4) is 0 Å². The van der Waals surface area contributed by atoms with Gasteiger partial charge in [-0.2, -0.15) is 0 Å². The molecular weight excluding hydrogens is 559 g/mol. The van der Waals surface area contributed by atoms with Crippen molar-refractivity contribution in [2.75, 3.05) is 11.5 Å². The molecule has 1 aliphatic rings. The first-order valence-corrected chi connectivity index (χ1v) is 14.0. The predicted molar refractivity (Wildman–Crippen MR) is 156 cm³/mol. The summed E-state index contributed by atoms with van der Waals surface area (Å²) in [4.78, 5) is 45.1. The number of thiazole rings is 1. The fraction of sp³-hybridized carbons (Fsp3) is 0.188. The topological polar surface area (TPSA) is 106 Å². The van der Waals surface area contributed by atoms with Gasteiger partial charge >= 0.3 is 11.9 Å². The molecule has 5 rings (SSSR count). The highest BCUT2D eigenvalue weighted by atomic mass is 32.1. The van der Waals surface area contributed by atoms with Crippen LogP contribution in [0.25, 0.3) is 5.76 Å². The molecule has 1 aromatic heterocycles. The molecule has 1 fully saturated rings. The normalized spacial score (nSPS) is 16.1. The van der Waals surface area contributed by atoms with Gasteiger partial charge < -0.3 is 14.6 Å². The maximum atomic E-state index is 13.9. The maximum Gasteiger partial charge on any atom is 0.350 e. The maximum absolute atomic E-state index is 13.9. The summed E-state index contributed by atoms with van der Waals surface area (Å²) in [7, 11) is 0. The van der Waals surface area contributed by atoms with Crippen LogP contribution in [0.2, 0.25) is 0 Å². The average molecular weight is 587 g/mol. The number of aliphatic hydroxyl groups excluding tert-OH is 1. The van der Waals surface area contributed by atoms with Crippen LogP contribution >= 0.6 is 11.3 Å². The molecule has 4 aromatic rings. The van der Waals surface area contributed by atoms with Gasteiger partial charge in [-0.3, -0.25) is 14.5 Å². The standard InChI is InChI=1S/C32H27FN2O6S/c1-4-40-31(39)29-19(3)34-32(42-29)35-26(21-10-12-22(33)13-11-21)25(28(37)30(35)38)27(36)24-15-14-23(16-18(24)2)41-17-20-8-6-5-7-9-20/h5-16,26,36H,4,17H2,1-3H3/b27-25+/t26-/m0/s1. The van der Waals surface area contributed by atoms with Crippen LogP contribution in [0, 0.1) is 19.7 Å². The van der Waals surface area contributed by atoms with E-state index in [1.807, 2.05) is 30.3 Å². The van der Waals surface area contributed by atoms with E-state index in [4.69, 9.17) is 9.47 Å². The highest BCUT2D eigenvalue weighted by molar-refractivity contribution is 7.17. The van der Waals surface area contributed by atoms with Crippen molar-refractivity contribution in [2.45, 2.75) is 33.4 Å². The van der Waals surface area contributed by atoms with E-state index in [0.29, 0.717) is 34.7 Å². The number of carbonyl (C=O) groups excluding carboxylic acids is 3. The van der Waals surface area contributed by atoms with Gasteiger partial charge in [0.1, 0.15) is 28.8 Å². The van der Waals surface area contributed by atoms with Crippen LogP contribution in [-0.2, 0) is 20.9 Å². The lowest BCUT2D eigenvalue weighted by Crippen LogP contribution is -2.29. The molecular formula is C32H27FN2O6S. The molecule has 0 saturated carbocycles. The van der Waals surface area contributed by atoms with Crippen molar-refractivity contribution in [1.29, 1.82) is 0 Å². The molecule has 1 atom stereocenters. The third-order valence-electron chi connectivity index (χ3n) is 6.78. The number of benzene rings is 3. The summed E-state index contributed by atoms with van der Waals surface area (Å²) < 4.78 is 24.9. The second kappa shape index (κ2) is 12.0. The number of hydrogen-bond acceptors (Lipinski definition) is 8. The number of amides is 1. The Balaban J connectivity index is 1.57. The number of Topliss-reactive ketones (excluding diaryl/α,β-unsaturated/α-hetero) is 1. The number of nitrogens with zero attached hydrogens (tertiary/aromatic N) is 2. The van der Waals surface area contributed by atoms with Gasteiger partial charge in [0.05, 0.1) is 23.9 Å². The number of rotatable bonds is 8. The average Bonchev–Trinajstić information content (AvgIpc) is 3.49. The van der Waals surface area contributed by atoms with Crippen LogP contribution < -0.4 is 9.64 Å². The summed E-state index contributed by atoms with van der Waals surface area (Å²) in [5, 5.41) is 11.6. The summed E-state index contributed by atoms with van der Waals surface area (Å²) in [6.45, 7) is 5.53. The van der Waals surface area contributed by atoms with Crippen molar-refractivity contribution < 1.29 is 33.4 Å². The zero-order valence-corrected chi connectivity index (χ0v) is 23.9. The third-order valence-corrected chi connectivity index (χ3v) is 7.92. The molecule has 1 N–H and O–H groups in total. The lowest BCUT2D eigenvalue weighted by atomic mass is 9.94. The molecule has 0 radical (unpaired) electrons. The van der Waals surface area contributed by atoms with Gasteiger partial charge in [0, 0.05) is 5.56 Å². The van der Waals surface area contributed by atoms with Crippen molar-refractivity contribution in [3.63, 3.8) is 0 Å². The van der Waals surface area contributed by atoms with Crippen molar-refractivity contribution in [2.24, 2.45) is 0 Å². The lowest BCUT2D eigenvalue weighted by molar-refractivity contribution is -0.132. The molecule has 0 spiro atoms. The van der Waals surface area contributed by atoms with Gasteiger partial charge in [-0.05, 0) is 67.8 Å². The Morgan fingerprint density at radius 2 is 1.76 bits per heavy atom. The summed E-state index contributed by atoms with van der Waals surface area (Å²) in [5.74, 6) is -2.80. The number of aryl methyl sites for hydroxylation is 2. The molecule has 0 bridgehead atoms. The van der Waals surface area contributed by atoms with Crippen LogP contribution in [0.15, 0.2) is 78.4 Å². The Hall–Kier alpha value is -4.83. The van der Waals surface area contributed by atoms with Gasteiger partial charge in [0.25, 0.3) is 5.78 Å². The van der Waals surface area contributed by atoms with Gasteiger partial charge in [0.2, 0.25) is 0 Å². The largest absolute Gasteiger partial charge is 0.507 e. The Kier molecular flexibility index (Phi) is 8.17. The predicted octanol–water partition coefficient (Wildman–Crippen LogP) is 6.28. The molecule has 0 aliphatic carbocycles. The first-order valence-electron chi connectivity index (χ1n) is 13.2. The number of anilines is 1. The molecule has 8 nitrogen and oxygen atoms in total. The monoisotopic (exact) mass is 586 g/mol. The summed E-state index contributed by atoms with van der Waals surface area (Å²) in [6, 6.07) is 18.8. The number of hydrogen-bond donors (Lipinski definition) is 1. The number of ether oxygens (including phenoxy) is 2.